The van der Waals surface area contributed by atoms with E-state index in [4.69, 9.17) is 4.74 Å². The Morgan fingerprint density at radius 3 is 2.86 bits per heavy atom. The van der Waals surface area contributed by atoms with Gasteiger partial charge in [-0.2, -0.15) is 0 Å². The predicted molar refractivity (Wildman–Crippen MR) is 84.3 cm³/mol. The van der Waals surface area contributed by atoms with E-state index in [1.54, 1.807) is 12.1 Å². The van der Waals surface area contributed by atoms with E-state index in [2.05, 4.69) is 5.32 Å². The molecule has 0 saturated carbocycles. The molecule has 0 aromatic heterocycles. The Kier molecular flexibility index (Phi) is 4.06. The van der Waals surface area contributed by atoms with Gasteiger partial charge in [0.05, 0.1) is 23.1 Å². The average molecular weight is 298 g/mol. The van der Waals surface area contributed by atoms with Gasteiger partial charge in [0.25, 0.3) is 5.69 Å². The highest BCUT2D eigenvalue weighted by molar-refractivity contribution is 5.50. The van der Waals surface area contributed by atoms with Crippen molar-refractivity contribution in [3.63, 3.8) is 0 Å². The number of para-hydroxylation sites is 1. The number of benzene rings is 2. The molecule has 3 rings (SSSR count). The highest BCUT2D eigenvalue weighted by Crippen LogP contribution is 2.35. The van der Waals surface area contributed by atoms with Gasteiger partial charge in [0.1, 0.15) is 5.75 Å². The second-order valence-electron chi connectivity index (χ2n) is 5.25. The summed E-state index contributed by atoms with van der Waals surface area (Å²) in [5.41, 5.74) is 3.14. The van der Waals surface area contributed by atoms with E-state index in [-0.39, 0.29) is 16.7 Å². The zero-order chi connectivity index (χ0) is 15.5. The van der Waals surface area contributed by atoms with Gasteiger partial charge in [-0.1, -0.05) is 24.3 Å². The van der Waals surface area contributed by atoms with Crippen molar-refractivity contribution in [2.75, 3.05) is 13.2 Å². The minimum atomic E-state index is -0.320. The summed E-state index contributed by atoms with van der Waals surface area (Å²) in [5, 5.41) is 14.7. The number of hydrogen-bond acceptors (Lipinski definition) is 4. The lowest BCUT2D eigenvalue weighted by Gasteiger charge is -2.27. The molecule has 0 saturated heterocycles. The number of ether oxygens (including phenoxy) is 1. The van der Waals surface area contributed by atoms with Crippen LogP contribution in [0.4, 0.5) is 5.69 Å². The third-order valence-corrected chi connectivity index (χ3v) is 3.92. The van der Waals surface area contributed by atoms with E-state index in [1.165, 1.54) is 5.56 Å². The van der Waals surface area contributed by atoms with Gasteiger partial charge in [0.15, 0.2) is 0 Å². The Labute approximate surface area is 129 Å². The highest BCUT2D eigenvalue weighted by Gasteiger charge is 2.27. The van der Waals surface area contributed by atoms with E-state index >= 15 is 0 Å². The molecule has 114 valence electrons. The number of rotatable bonds is 4. The van der Waals surface area contributed by atoms with Crippen LogP contribution in [0.3, 0.4) is 0 Å². The zero-order valence-electron chi connectivity index (χ0n) is 12.4. The molecule has 2 aromatic rings. The molecule has 5 heteroatoms. The summed E-state index contributed by atoms with van der Waals surface area (Å²) in [5.74, 6) is 0.851. The second kappa shape index (κ2) is 6.15. The van der Waals surface area contributed by atoms with Crippen molar-refractivity contribution in [1.82, 2.24) is 5.32 Å². The van der Waals surface area contributed by atoms with Crippen LogP contribution in [0.2, 0.25) is 0 Å². The molecule has 0 fully saturated rings. The van der Waals surface area contributed by atoms with Crippen LogP contribution in [0.5, 0.6) is 5.75 Å². The minimum absolute atomic E-state index is 0.152. The summed E-state index contributed by atoms with van der Waals surface area (Å²) >= 11 is 0. The maximum Gasteiger partial charge on any atom is 0.274 e. The zero-order valence-corrected chi connectivity index (χ0v) is 12.4. The van der Waals surface area contributed by atoms with E-state index in [0.29, 0.717) is 12.2 Å². The molecular formula is C17H18N2O3. The Balaban J connectivity index is 2.04. The van der Waals surface area contributed by atoms with Crippen LogP contribution >= 0.6 is 0 Å². The molecule has 22 heavy (non-hydrogen) atoms. The maximum atomic E-state index is 11.3. The SMILES string of the molecule is CCOc1ccc2c(c1)CCNC2c1ccccc1[N+](=O)[O-]. The topological polar surface area (TPSA) is 64.4 Å². The van der Waals surface area contributed by atoms with Gasteiger partial charge in [0, 0.05) is 12.6 Å². The third kappa shape index (κ3) is 2.67. The molecule has 0 radical (unpaired) electrons. The lowest BCUT2D eigenvalue weighted by Crippen LogP contribution is -2.31. The van der Waals surface area contributed by atoms with E-state index in [0.717, 1.165) is 24.3 Å². The molecule has 0 bridgehead atoms. The van der Waals surface area contributed by atoms with Crippen molar-refractivity contribution in [1.29, 1.82) is 0 Å². The Morgan fingerprint density at radius 1 is 1.27 bits per heavy atom. The second-order valence-corrected chi connectivity index (χ2v) is 5.25. The molecule has 5 nitrogen and oxygen atoms in total. The Bertz CT molecular complexity index is 700. The summed E-state index contributed by atoms with van der Waals surface area (Å²) < 4.78 is 5.55. The number of nitro benzene ring substituents is 1. The third-order valence-electron chi connectivity index (χ3n) is 3.92. The average Bonchev–Trinajstić information content (AvgIpc) is 2.54. The molecule has 1 aliphatic heterocycles. The maximum absolute atomic E-state index is 11.3. The van der Waals surface area contributed by atoms with E-state index in [9.17, 15) is 10.1 Å². The van der Waals surface area contributed by atoms with E-state index < -0.39 is 0 Å². The van der Waals surface area contributed by atoms with Crippen molar-refractivity contribution in [2.24, 2.45) is 0 Å². The van der Waals surface area contributed by atoms with E-state index in [1.807, 2.05) is 37.3 Å². The van der Waals surface area contributed by atoms with Crippen molar-refractivity contribution in [2.45, 2.75) is 19.4 Å². The Morgan fingerprint density at radius 2 is 2.09 bits per heavy atom. The van der Waals surface area contributed by atoms with Crippen LogP contribution in [0.15, 0.2) is 42.5 Å². The first-order chi connectivity index (χ1) is 10.7. The number of nitro groups is 1. The fourth-order valence-electron chi connectivity index (χ4n) is 2.97. The lowest BCUT2D eigenvalue weighted by molar-refractivity contribution is -0.385. The quantitative estimate of drug-likeness (QED) is 0.695. The first-order valence-electron chi connectivity index (χ1n) is 7.43. The van der Waals surface area contributed by atoms with Crippen molar-refractivity contribution < 1.29 is 9.66 Å². The number of nitrogens with zero attached hydrogens (tertiary/aromatic N) is 1. The minimum Gasteiger partial charge on any atom is -0.494 e. The van der Waals surface area contributed by atoms with Crippen molar-refractivity contribution in [3.8, 4) is 5.75 Å². The molecule has 0 amide bonds. The van der Waals surface area contributed by atoms with Crippen molar-refractivity contribution >= 4 is 5.69 Å². The summed E-state index contributed by atoms with van der Waals surface area (Å²) in [4.78, 5) is 11.0. The van der Waals surface area contributed by atoms with Gasteiger partial charge >= 0.3 is 0 Å². The molecule has 0 aliphatic carbocycles. The van der Waals surface area contributed by atoms with Crippen molar-refractivity contribution in [3.05, 3.63) is 69.3 Å². The first-order valence-corrected chi connectivity index (χ1v) is 7.43. The molecule has 1 unspecified atom stereocenters. The van der Waals surface area contributed by atoms with Crippen LogP contribution in [-0.2, 0) is 6.42 Å². The van der Waals surface area contributed by atoms with Gasteiger partial charge in [-0.3, -0.25) is 10.1 Å². The van der Waals surface area contributed by atoms with Gasteiger partial charge < -0.3 is 10.1 Å². The number of hydrogen-bond donors (Lipinski definition) is 1. The Hall–Kier alpha value is -2.40. The van der Waals surface area contributed by atoms with Crippen LogP contribution in [0.1, 0.15) is 29.7 Å². The van der Waals surface area contributed by atoms with Crippen LogP contribution in [-0.4, -0.2) is 18.1 Å². The summed E-state index contributed by atoms with van der Waals surface area (Å²) in [7, 11) is 0. The first kappa shape index (κ1) is 14.5. The number of nitrogens with one attached hydrogen (secondary N) is 1. The molecule has 2 aromatic carbocycles. The van der Waals surface area contributed by atoms with Gasteiger partial charge in [-0.05, 0) is 36.6 Å². The summed E-state index contributed by atoms with van der Waals surface area (Å²) in [6.45, 7) is 3.38. The molecule has 1 heterocycles. The predicted octanol–water partition coefficient (Wildman–Crippen LogP) is 3.23. The normalized spacial score (nSPS) is 16.9. The largest absolute Gasteiger partial charge is 0.494 e. The summed E-state index contributed by atoms with van der Waals surface area (Å²) in [6, 6.07) is 12.7. The molecular weight excluding hydrogens is 280 g/mol. The standard InChI is InChI=1S/C17H18N2O3/c1-2-22-13-7-8-14-12(11-13)9-10-18-17(14)15-5-3-4-6-16(15)19(20)21/h3-8,11,17-18H,2,9-10H2,1H3. The lowest BCUT2D eigenvalue weighted by atomic mass is 9.89. The van der Waals surface area contributed by atoms with Crippen LogP contribution in [0, 0.1) is 10.1 Å². The molecule has 1 atom stereocenters. The van der Waals surface area contributed by atoms with Gasteiger partial charge in [0.2, 0.25) is 0 Å². The van der Waals surface area contributed by atoms with Crippen LogP contribution < -0.4 is 10.1 Å². The molecule has 1 aliphatic rings. The smallest absolute Gasteiger partial charge is 0.274 e. The van der Waals surface area contributed by atoms with Gasteiger partial charge in [-0.25, -0.2) is 0 Å². The summed E-state index contributed by atoms with van der Waals surface area (Å²) in [6.07, 6.45) is 0.896. The fraction of sp³-hybridized carbons (Fsp3) is 0.294. The fourth-order valence-corrected chi connectivity index (χ4v) is 2.97. The molecule has 1 N–H and O–H groups in total. The van der Waals surface area contributed by atoms with Crippen LogP contribution in [0.25, 0.3) is 0 Å². The highest BCUT2D eigenvalue weighted by atomic mass is 16.6. The number of fused-ring (bicyclic) bond motifs is 1. The molecule has 0 spiro atoms. The van der Waals surface area contributed by atoms with Gasteiger partial charge in [-0.15, -0.1) is 0 Å². The monoisotopic (exact) mass is 298 g/mol.